The lowest BCUT2D eigenvalue weighted by molar-refractivity contribution is 0.0433. The Labute approximate surface area is 176 Å². The number of carbonyl (C=O) groups is 1. The van der Waals surface area contributed by atoms with Gasteiger partial charge >= 0.3 is 0 Å². The Kier molecular flexibility index (Phi) is 5.43. The molecule has 2 aromatic heterocycles. The number of benzene rings is 1. The van der Waals surface area contributed by atoms with Crippen LogP contribution in [0.3, 0.4) is 0 Å². The van der Waals surface area contributed by atoms with Crippen molar-refractivity contribution in [2.45, 2.75) is 18.9 Å². The molecule has 0 saturated carbocycles. The fraction of sp³-hybridized carbons (Fsp3) is 0.375. The van der Waals surface area contributed by atoms with Crippen molar-refractivity contribution >= 4 is 16.8 Å². The molecule has 5 rings (SSSR count). The summed E-state index contributed by atoms with van der Waals surface area (Å²) in [6, 6.07) is 13.6. The first-order valence-corrected chi connectivity index (χ1v) is 10.7. The highest BCUT2D eigenvalue weighted by Gasteiger charge is 2.26. The van der Waals surface area contributed by atoms with E-state index >= 15 is 0 Å². The van der Waals surface area contributed by atoms with Gasteiger partial charge in [-0.05, 0) is 37.1 Å². The van der Waals surface area contributed by atoms with E-state index in [1.165, 1.54) is 0 Å². The molecular weight excluding hydrogens is 376 g/mol. The number of piperazine rings is 1. The van der Waals surface area contributed by atoms with Gasteiger partial charge in [0.1, 0.15) is 0 Å². The number of ether oxygens (including phenoxy) is 1. The Hall–Kier alpha value is -2.83. The van der Waals surface area contributed by atoms with Crippen molar-refractivity contribution in [2.24, 2.45) is 0 Å². The van der Waals surface area contributed by atoms with E-state index in [4.69, 9.17) is 9.72 Å². The Morgan fingerprint density at radius 3 is 2.73 bits per heavy atom. The van der Waals surface area contributed by atoms with Crippen molar-refractivity contribution in [3.8, 4) is 11.3 Å². The maximum absolute atomic E-state index is 13.5. The maximum atomic E-state index is 13.5. The Bertz CT molecular complexity index is 1030. The third-order valence-corrected chi connectivity index (χ3v) is 6.05. The lowest BCUT2D eigenvalue weighted by Gasteiger charge is -2.36. The van der Waals surface area contributed by atoms with Crippen molar-refractivity contribution in [3.05, 3.63) is 60.4 Å². The van der Waals surface area contributed by atoms with Crippen LogP contribution in [0.5, 0.6) is 0 Å². The van der Waals surface area contributed by atoms with Crippen molar-refractivity contribution in [2.75, 3.05) is 39.3 Å². The van der Waals surface area contributed by atoms with Crippen molar-refractivity contribution < 1.29 is 9.53 Å². The van der Waals surface area contributed by atoms with E-state index in [2.05, 4.69) is 9.88 Å². The van der Waals surface area contributed by atoms with Crippen LogP contribution in [0.4, 0.5) is 0 Å². The van der Waals surface area contributed by atoms with Gasteiger partial charge in [0, 0.05) is 62.7 Å². The highest BCUT2D eigenvalue weighted by Crippen LogP contribution is 2.26. The first-order valence-electron chi connectivity index (χ1n) is 10.7. The lowest BCUT2D eigenvalue weighted by atomic mass is 10.0. The number of para-hydroxylation sites is 1. The molecule has 3 aromatic rings. The molecule has 2 fully saturated rings. The normalized spacial score (nSPS) is 20.0. The molecule has 1 unspecified atom stereocenters. The summed E-state index contributed by atoms with van der Waals surface area (Å²) >= 11 is 0. The van der Waals surface area contributed by atoms with Crippen LogP contribution < -0.4 is 0 Å². The van der Waals surface area contributed by atoms with Gasteiger partial charge in [0.2, 0.25) is 0 Å². The first kappa shape index (κ1) is 19.2. The maximum Gasteiger partial charge on any atom is 0.254 e. The standard InChI is InChI=1S/C24H26N4O2/c29-24(28-12-10-27(11-13-28)17-19-6-4-14-30-19)21-15-23(18-5-3-9-25-16-18)26-22-8-2-1-7-20(21)22/h1-3,5,7-9,15-16,19H,4,6,10-14,17H2. The Morgan fingerprint density at radius 1 is 1.10 bits per heavy atom. The van der Waals surface area contributed by atoms with Gasteiger partial charge < -0.3 is 9.64 Å². The molecule has 0 radical (unpaired) electrons. The van der Waals surface area contributed by atoms with Crippen LogP contribution in [-0.4, -0.2) is 71.1 Å². The summed E-state index contributed by atoms with van der Waals surface area (Å²) in [7, 11) is 0. The van der Waals surface area contributed by atoms with Crippen LogP contribution >= 0.6 is 0 Å². The lowest BCUT2D eigenvalue weighted by Crippen LogP contribution is -2.50. The van der Waals surface area contributed by atoms with E-state index in [0.29, 0.717) is 11.7 Å². The van der Waals surface area contributed by atoms with Gasteiger partial charge in [0.05, 0.1) is 22.9 Å². The molecule has 1 amide bonds. The largest absolute Gasteiger partial charge is 0.377 e. The summed E-state index contributed by atoms with van der Waals surface area (Å²) in [4.78, 5) is 26.9. The molecule has 0 N–H and O–H groups in total. The van der Waals surface area contributed by atoms with Gasteiger partial charge in [0.15, 0.2) is 0 Å². The molecule has 4 heterocycles. The molecule has 2 saturated heterocycles. The fourth-order valence-electron chi connectivity index (χ4n) is 4.39. The van der Waals surface area contributed by atoms with Crippen LogP contribution in [0.2, 0.25) is 0 Å². The Balaban J connectivity index is 1.38. The number of aromatic nitrogens is 2. The van der Waals surface area contributed by atoms with Crippen LogP contribution in [0.25, 0.3) is 22.2 Å². The Morgan fingerprint density at radius 2 is 1.97 bits per heavy atom. The molecule has 6 heteroatoms. The monoisotopic (exact) mass is 402 g/mol. The average molecular weight is 402 g/mol. The molecule has 1 aromatic carbocycles. The minimum atomic E-state index is 0.0792. The van der Waals surface area contributed by atoms with Crippen LogP contribution in [-0.2, 0) is 4.74 Å². The molecule has 2 aliphatic heterocycles. The summed E-state index contributed by atoms with van der Waals surface area (Å²) in [5.74, 6) is 0.0792. The summed E-state index contributed by atoms with van der Waals surface area (Å²) in [5.41, 5.74) is 3.24. The van der Waals surface area contributed by atoms with Gasteiger partial charge in [-0.1, -0.05) is 18.2 Å². The van der Waals surface area contributed by atoms with Crippen molar-refractivity contribution in [1.29, 1.82) is 0 Å². The summed E-state index contributed by atoms with van der Waals surface area (Å²) < 4.78 is 5.77. The number of rotatable bonds is 4. The molecule has 30 heavy (non-hydrogen) atoms. The SMILES string of the molecule is O=C(c1cc(-c2cccnc2)nc2ccccc12)N1CCN(CC2CCCO2)CC1. The van der Waals surface area contributed by atoms with E-state index in [9.17, 15) is 4.79 Å². The van der Waals surface area contributed by atoms with E-state index in [0.717, 1.165) is 74.3 Å². The molecule has 0 aliphatic carbocycles. The second-order valence-electron chi connectivity index (χ2n) is 8.04. The molecule has 2 aliphatic rings. The fourth-order valence-corrected chi connectivity index (χ4v) is 4.39. The number of amides is 1. The predicted molar refractivity (Wildman–Crippen MR) is 116 cm³/mol. The quantitative estimate of drug-likeness (QED) is 0.671. The number of hydrogen-bond donors (Lipinski definition) is 0. The number of carbonyl (C=O) groups excluding carboxylic acids is 1. The third-order valence-electron chi connectivity index (χ3n) is 6.05. The molecule has 1 atom stereocenters. The average Bonchev–Trinajstić information content (AvgIpc) is 3.32. The van der Waals surface area contributed by atoms with Gasteiger partial charge in [-0.2, -0.15) is 0 Å². The van der Waals surface area contributed by atoms with E-state index in [-0.39, 0.29) is 5.91 Å². The third kappa shape index (κ3) is 3.93. The second-order valence-corrected chi connectivity index (χ2v) is 8.04. The van der Waals surface area contributed by atoms with E-state index < -0.39 is 0 Å². The smallest absolute Gasteiger partial charge is 0.254 e. The second kappa shape index (κ2) is 8.50. The molecule has 0 spiro atoms. The van der Waals surface area contributed by atoms with Crippen LogP contribution in [0, 0.1) is 0 Å². The first-order chi connectivity index (χ1) is 14.8. The number of nitrogens with zero attached hydrogens (tertiary/aromatic N) is 4. The highest BCUT2D eigenvalue weighted by atomic mass is 16.5. The van der Waals surface area contributed by atoms with Gasteiger partial charge in [-0.3, -0.25) is 14.7 Å². The number of fused-ring (bicyclic) bond motifs is 1. The topological polar surface area (TPSA) is 58.6 Å². The predicted octanol–water partition coefficient (Wildman–Crippen LogP) is 3.23. The summed E-state index contributed by atoms with van der Waals surface area (Å²) in [5, 5.41) is 0.900. The summed E-state index contributed by atoms with van der Waals surface area (Å²) in [6.07, 6.45) is 6.21. The van der Waals surface area contributed by atoms with Gasteiger partial charge in [0.25, 0.3) is 5.91 Å². The zero-order valence-corrected chi connectivity index (χ0v) is 17.0. The minimum Gasteiger partial charge on any atom is -0.377 e. The van der Waals surface area contributed by atoms with E-state index in [1.54, 1.807) is 12.4 Å². The van der Waals surface area contributed by atoms with Crippen LogP contribution in [0.15, 0.2) is 54.9 Å². The number of pyridine rings is 2. The summed E-state index contributed by atoms with van der Waals surface area (Å²) in [6.45, 7) is 5.13. The van der Waals surface area contributed by atoms with Gasteiger partial charge in [-0.25, -0.2) is 4.98 Å². The van der Waals surface area contributed by atoms with Crippen molar-refractivity contribution in [1.82, 2.24) is 19.8 Å². The molecule has 0 bridgehead atoms. The highest BCUT2D eigenvalue weighted by molar-refractivity contribution is 6.07. The molecular formula is C24H26N4O2. The molecule has 154 valence electrons. The van der Waals surface area contributed by atoms with Gasteiger partial charge in [-0.15, -0.1) is 0 Å². The number of hydrogen-bond acceptors (Lipinski definition) is 5. The molecule has 6 nitrogen and oxygen atoms in total. The van der Waals surface area contributed by atoms with E-state index in [1.807, 2.05) is 47.4 Å². The minimum absolute atomic E-state index is 0.0792. The zero-order chi connectivity index (χ0) is 20.3. The van der Waals surface area contributed by atoms with Crippen LogP contribution in [0.1, 0.15) is 23.2 Å². The van der Waals surface area contributed by atoms with Crippen molar-refractivity contribution in [3.63, 3.8) is 0 Å². The zero-order valence-electron chi connectivity index (χ0n) is 17.0.